The number of hydrogen-bond donors (Lipinski definition) is 1. The molecule has 1 N–H and O–H groups in total. The summed E-state index contributed by atoms with van der Waals surface area (Å²) in [5.74, 6) is 3.39. The van der Waals surface area contributed by atoms with Crippen LogP contribution in [0.25, 0.3) is 0 Å². The van der Waals surface area contributed by atoms with E-state index in [1.165, 1.54) is 6.39 Å². The van der Waals surface area contributed by atoms with Crippen molar-refractivity contribution in [2.24, 2.45) is 0 Å². The van der Waals surface area contributed by atoms with Gasteiger partial charge in [-0.1, -0.05) is 11.1 Å². The molecule has 1 aliphatic rings. The topological polar surface area (TPSA) is 54.2 Å². The minimum Gasteiger partial charge on any atom is -0.343 e. The molecule has 0 radical (unpaired) electrons. The summed E-state index contributed by atoms with van der Waals surface area (Å²) in [5.41, 5.74) is 0. The summed E-state index contributed by atoms with van der Waals surface area (Å²) in [6, 6.07) is 0.535. The molecule has 16 heavy (non-hydrogen) atoms. The molecule has 0 aromatic carbocycles. The second-order valence-electron chi connectivity index (χ2n) is 3.98. The lowest BCUT2D eigenvalue weighted by molar-refractivity contribution is 0.216. The molecule has 2 rings (SSSR count). The smallest absolute Gasteiger partial charge is 0.213 e. The van der Waals surface area contributed by atoms with E-state index in [2.05, 4.69) is 30.8 Å². The minimum atomic E-state index is 0.535. The molecule has 0 spiro atoms. The van der Waals surface area contributed by atoms with Crippen molar-refractivity contribution in [2.75, 3.05) is 19.6 Å². The first-order chi connectivity index (χ1) is 7.88. The molecular weight excluding hydrogens is 204 g/mol. The quantitative estimate of drug-likeness (QED) is 0.737. The molecule has 1 saturated heterocycles. The summed E-state index contributed by atoms with van der Waals surface area (Å²) < 4.78 is 4.67. The first kappa shape index (κ1) is 11.1. The summed E-state index contributed by atoms with van der Waals surface area (Å²) in [4.78, 5) is 6.27. The van der Waals surface area contributed by atoms with Gasteiger partial charge in [-0.15, -0.1) is 6.42 Å². The highest BCUT2D eigenvalue weighted by Crippen LogP contribution is 2.09. The number of likely N-dealkylation sites (tertiary alicyclic amines) is 1. The maximum Gasteiger partial charge on any atom is 0.213 e. The fourth-order valence-electron chi connectivity index (χ4n) is 1.93. The van der Waals surface area contributed by atoms with Crippen molar-refractivity contribution in [2.45, 2.75) is 25.4 Å². The summed E-state index contributed by atoms with van der Waals surface area (Å²) in [6.07, 6.45) is 8.89. The molecule has 5 nitrogen and oxygen atoms in total. The van der Waals surface area contributed by atoms with Gasteiger partial charge in [0.05, 0.1) is 13.1 Å². The molecule has 1 aliphatic heterocycles. The van der Waals surface area contributed by atoms with E-state index < -0.39 is 0 Å². The second kappa shape index (κ2) is 5.64. The largest absolute Gasteiger partial charge is 0.343 e. The molecule has 0 atom stereocenters. The van der Waals surface area contributed by atoms with Crippen LogP contribution in [-0.2, 0) is 6.54 Å². The molecule has 86 valence electrons. The van der Waals surface area contributed by atoms with E-state index in [0.717, 1.165) is 32.5 Å². The molecule has 0 saturated carbocycles. The lowest BCUT2D eigenvalue weighted by Gasteiger charge is -2.30. The Labute approximate surface area is 95.2 Å². The van der Waals surface area contributed by atoms with Gasteiger partial charge < -0.3 is 9.84 Å². The molecule has 5 heteroatoms. The third-order valence-electron chi connectivity index (χ3n) is 2.86. The fourth-order valence-corrected chi connectivity index (χ4v) is 1.93. The predicted molar refractivity (Wildman–Crippen MR) is 59.4 cm³/mol. The third-order valence-corrected chi connectivity index (χ3v) is 2.86. The van der Waals surface area contributed by atoms with E-state index in [4.69, 9.17) is 6.42 Å². The van der Waals surface area contributed by atoms with Gasteiger partial charge in [0.15, 0.2) is 5.82 Å². The standard InChI is InChI=1S/C11H16N4O/c1-2-5-15-6-3-10(4-7-15)12-8-11-13-9-16-14-11/h1,9-10,12H,3-8H2. The van der Waals surface area contributed by atoms with Crippen molar-refractivity contribution in [1.29, 1.82) is 0 Å². The van der Waals surface area contributed by atoms with Crippen LogP contribution in [0.3, 0.4) is 0 Å². The van der Waals surface area contributed by atoms with Crippen molar-refractivity contribution in [3.63, 3.8) is 0 Å². The van der Waals surface area contributed by atoms with E-state index >= 15 is 0 Å². The van der Waals surface area contributed by atoms with Crippen LogP contribution in [0, 0.1) is 12.3 Å². The van der Waals surface area contributed by atoms with Crippen molar-refractivity contribution in [3.05, 3.63) is 12.2 Å². The summed E-state index contributed by atoms with van der Waals surface area (Å²) in [5, 5.41) is 7.18. The number of piperidine rings is 1. The number of terminal acetylenes is 1. The highest BCUT2D eigenvalue weighted by atomic mass is 16.5. The number of hydrogen-bond acceptors (Lipinski definition) is 5. The van der Waals surface area contributed by atoms with Crippen molar-refractivity contribution in [1.82, 2.24) is 20.4 Å². The zero-order chi connectivity index (χ0) is 11.2. The van der Waals surface area contributed by atoms with Gasteiger partial charge in [-0.05, 0) is 12.8 Å². The number of aromatic nitrogens is 2. The van der Waals surface area contributed by atoms with Crippen molar-refractivity contribution >= 4 is 0 Å². The van der Waals surface area contributed by atoms with Gasteiger partial charge in [-0.25, -0.2) is 0 Å². The van der Waals surface area contributed by atoms with Crippen LogP contribution in [0.1, 0.15) is 18.7 Å². The van der Waals surface area contributed by atoms with Crippen LogP contribution < -0.4 is 5.32 Å². The molecule has 2 heterocycles. The van der Waals surface area contributed by atoms with E-state index in [1.54, 1.807) is 0 Å². The SMILES string of the molecule is C#CCN1CCC(NCc2ncon2)CC1. The van der Waals surface area contributed by atoms with Crippen LogP contribution >= 0.6 is 0 Å². The van der Waals surface area contributed by atoms with Crippen LogP contribution in [0.5, 0.6) is 0 Å². The number of nitrogens with one attached hydrogen (secondary N) is 1. The third kappa shape index (κ3) is 3.05. The Balaban J connectivity index is 1.68. The molecule has 1 fully saturated rings. The van der Waals surface area contributed by atoms with Gasteiger partial charge in [-0.3, -0.25) is 4.90 Å². The summed E-state index contributed by atoms with van der Waals surface area (Å²) >= 11 is 0. The normalized spacial score (nSPS) is 18.4. The number of nitrogens with zero attached hydrogens (tertiary/aromatic N) is 3. The molecule has 1 aromatic heterocycles. The van der Waals surface area contributed by atoms with Gasteiger partial charge >= 0.3 is 0 Å². The first-order valence-electron chi connectivity index (χ1n) is 5.53. The van der Waals surface area contributed by atoms with Crippen LogP contribution in [0.2, 0.25) is 0 Å². The van der Waals surface area contributed by atoms with Gasteiger partial charge in [-0.2, -0.15) is 4.98 Å². The number of rotatable bonds is 4. The summed E-state index contributed by atoms with van der Waals surface area (Å²) in [7, 11) is 0. The lowest BCUT2D eigenvalue weighted by atomic mass is 10.1. The van der Waals surface area contributed by atoms with E-state index in [-0.39, 0.29) is 0 Å². The molecule has 0 aliphatic carbocycles. The average Bonchev–Trinajstić information content (AvgIpc) is 2.82. The average molecular weight is 220 g/mol. The molecule has 1 aromatic rings. The first-order valence-corrected chi connectivity index (χ1v) is 5.53. The Kier molecular flexibility index (Phi) is 3.91. The Bertz CT molecular complexity index is 335. The zero-order valence-electron chi connectivity index (χ0n) is 9.22. The van der Waals surface area contributed by atoms with Gasteiger partial charge in [0, 0.05) is 19.1 Å². The van der Waals surface area contributed by atoms with Crippen molar-refractivity contribution < 1.29 is 4.52 Å². The minimum absolute atomic E-state index is 0.535. The highest BCUT2D eigenvalue weighted by molar-refractivity contribution is 4.90. The Hall–Kier alpha value is -1.38. The molecular formula is C11H16N4O. The van der Waals surface area contributed by atoms with E-state index in [0.29, 0.717) is 18.4 Å². The van der Waals surface area contributed by atoms with Crippen molar-refractivity contribution in [3.8, 4) is 12.3 Å². The lowest BCUT2D eigenvalue weighted by Crippen LogP contribution is -2.42. The fraction of sp³-hybridized carbons (Fsp3) is 0.636. The van der Waals surface area contributed by atoms with Gasteiger partial charge in [0.1, 0.15) is 0 Å². The molecule has 0 amide bonds. The van der Waals surface area contributed by atoms with Crippen LogP contribution in [0.4, 0.5) is 0 Å². The monoisotopic (exact) mass is 220 g/mol. The van der Waals surface area contributed by atoms with Gasteiger partial charge in [0.25, 0.3) is 0 Å². The van der Waals surface area contributed by atoms with Crippen LogP contribution in [-0.4, -0.2) is 40.7 Å². The molecule has 0 unspecified atom stereocenters. The van der Waals surface area contributed by atoms with Gasteiger partial charge in [0.2, 0.25) is 6.39 Å². The van der Waals surface area contributed by atoms with Crippen LogP contribution in [0.15, 0.2) is 10.9 Å². The summed E-state index contributed by atoms with van der Waals surface area (Å²) in [6.45, 7) is 3.57. The Morgan fingerprint density at radius 2 is 2.38 bits per heavy atom. The Morgan fingerprint density at radius 3 is 3.00 bits per heavy atom. The second-order valence-corrected chi connectivity index (χ2v) is 3.98. The maximum absolute atomic E-state index is 5.28. The van der Waals surface area contributed by atoms with E-state index in [9.17, 15) is 0 Å². The molecule has 0 bridgehead atoms. The van der Waals surface area contributed by atoms with E-state index in [1.807, 2.05) is 0 Å². The maximum atomic E-state index is 5.28. The zero-order valence-corrected chi connectivity index (χ0v) is 9.22. The predicted octanol–water partition coefficient (Wildman–Crippen LogP) is 0.257. The Morgan fingerprint density at radius 1 is 1.56 bits per heavy atom. The highest BCUT2D eigenvalue weighted by Gasteiger charge is 2.18.